The van der Waals surface area contributed by atoms with Crippen LogP contribution >= 0.6 is 0 Å². The summed E-state index contributed by atoms with van der Waals surface area (Å²) in [6, 6.07) is 0. The molecule has 2 N–H and O–H groups in total. The number of aromatic nitrogens is 3. The summed E-state index contributed by atoms with van der Waals surface area (Å²) in [5.41, 5.74) is 1.13. The number of carbonyl (C=O) groups is 1. The van der Waals surface area contributed by atoms with Gasteiger partial charge in [0.1, 0.15) is 0 Å². The summed E-state index contributed by atoms with van der Waals surface area (Å²) in [5.74, 6) is -0.892. The Balaban J connectivity index is 2.74. The Morgan fingerprint density at radius 1 is 1.70 bits per heavy atom. The van der Waals surface area contributed by atoms with Gasteiger partial charge in [0.25, 0.3) is 0 Å². The number of aryl methyl sites for hydroxylation is 1. The highest BCUT2D eigenvalue weighted by Crippen LogP contribution is 1.98. The van der Waals surface area contributed by atoms with Crippen molar-refractivity contribution in [3.63, 3.8) is 0 Å². The summed E-state index contributed by atoms with van der Waals surface area (Å²) in [6.45, 7) is 1.71. The summed E-state index contributed by atoms with van der Waals surface area (Å²) in [4.78, 5) is 10.1. The van der Waals surface area contributed by atoms with Crippen molar-refractivity contribution < 1.29 is 9.90 Å². The minimum atomic E-state index is -0.892. The summed E-state index contributed by atoms with van der Waals surface area (Å²) < 4.78 is 0. The second-order valence-corrected chi connectivity index (χ2v) is 1.93. The van der Waals surface area contributed by atoms with E-state index in [1.165, 1.54) is 0 Å². The first-order valence-electron chi connectivity index (χ1n) is 2.78. The lowest BCUT2D eigenvalue weighted by atomic mass is 10.3. The molecule has 54 valence electrons. The fourth-order valence-corrected chi connectivity index (χ4v) is 0.616. The van der Waals surface area contributed by atoms with Crippen molar-refractivity contribution in [2.45, 2.75) is 13.3 Å². The monoisotopic (exact) mass is 141 g/mol. The maximum absolute atomic E-state index is 10.1. The van der Waals surface area contributed by atoms with Crippen LogP contribution in [0.3, 0.4) is 0 Å². The van der Waals surface area contributed by atoms with Crippen LogP contribution in [0.1, 0.15) is 11.4 Å². The number of aromatic amines is 1. The smallest absolute Gasteiger partial charge is 0.309 e. The van der Waals surface area contributed by atoms with E-state index in [4.69, 9.17) is 5.11 Å². The Kier molecular flexibility index (Phi) is 1.66. The van der Waals surface area contributed by atoms with Crippen molar-refractivity contribution in [1.82, 2.24) is 15.4 Å². The van der Waals surface area contributed by atoms with Gasteiger partial charge < -0.3 is 5.11 Å². The zero-order chi connectivity index (χ0) is 7.56. The largest absolute Gasteiger partial charge is 0.481 e. The van der Waals surface area contributed by atoms with Crippen molar-refractivity contribution >= 4 is 5.97 Å². The number of nitrogens with one attached hydrogen (secondary N) is 1. The van der Waals surface area contributed by atoms with Crippen molar-refractivity contribution in [3.8, 4) is 0 Å². The Labute approximate surface area is 57.1 Å². The first-order valence-corrected chi connectivity index (χ1v) is 2.78. The van der Waals surface area contributed by atoms with Crippen LogP contribution in [0.25, 0.3) is 0 Å². The minimum Gasteiger partial charge on any atom is -0.481 e. The molecule has 0 amide bonds. The molecule has 0 aromatic carbocycles. The third-order valence-corrected chi connectivity index (χ3v) is 1.14. The molecule has 0 aliphatic carbocycles. The number of hydrogen-bond acceptors (Lipinski definition) is 3. The van der Waals surface area contributed by atoms with Gasteiger partial charge in [0.15, 0.2) is 0 Å². The maximum atomic E-state index is 10.1. The minimum absolute atomic E-state index is 0.0671. The van der Waals surface area contributed by atoms with Gasteiger partial charge in [-0.2, -0.15) is 15.4 Å². The molecule has 0 spiro atoms. The zero-order valence-electron chi connectivity index (χ0n) is 5.46. The molecule has 0 aliphatic heterocycles. The Morgan fingerprint density at radius 3 is 2.80 bits per heavy atom. The number of nitrogens with zero attached hydrogens (tertiary/aromatic N) is 2. The lowest BCUT2D eigenvalue weighted by molar-refractivity contribution is -0.136. The van der Waals surface area contributed by atoms with Gasteiger partial charge in [0, 0.05) is 0 Å². The summed E-state index contributed by atoms with van der Waals surface area (Å²) in [6.07, 6.45) is -0.0671. The molecule has 1 aromatic heterocycles. The second kappa shape index (κ2) is 2.47. The van der Waals surface area contributed by atoms with E-state index < -0.39 is 5.97 Å². The third kappa shape index (κ3) is 1.31. The zero-order valence-corrected chi connectivity index (χ0v) is 5.46. The van der Waals surface area contributed by atoms with E-state index >= 15 is 0 Å². The summed E-state index contributed by atoms with van der Waals surface area (Å²) in [7, 11) is 0. The van der Waals surface area contributed by atoms with Crippen LogP contribution in [0.5, 0.6) is 0 Å². The van der Waals surface area contributed by atoms with Crippen LogP contribution in [0, 0.1) is 6.92 Å². The van der Waals surface area contributed by atoms with Gasteiger partial charge in [-0.05, 0) is 6.92 Å². The van der Waals surface area contributed by atoms with Crippen LogP contribution in [0.4, 0.5) is 0 Å². The first-order chi connectivity index (χ1) is 4.70. The molecule has 0 aliphatic rings. The average molecular weight is 141 g/mol. The molecule has 1 aromatic rings. The topological polar surface area (TPSA) is 78.9 Å². The third-order valence-electron chi connectivity index (χ3n) is 1.14. The lowest BCUT2D eigenvalue weighted by Gasteiger charge is -1.87. The first kappa shape index (κ1) is 6.73. The van der Waals surface area contributed by atoms with Crippen molar-refractivity contribution in [2.24, 2.45) is 0 Å². The summed E-state index contributed by atoms with van der Waals surface area (Å²) >= 11 is 0. The lowest BCUT2D eigenvalue weighted by Crippen LogP contribution is -2.01. The molecule has 5 nitrogen and oxygen atoms in total. The van der Waals surface area contributed by atoms with E-state index in [0.717, 1.165) is 0 Å². The van der Waals surface area contributed by atoms with Crippen LogP contribution in [0.15, 0.2) is 0 Å². The van der Waals surface area contributed by atoms with Gasteiger partial charge in [-0.25, -0.2) is 0 Å². The second-order valence-electron chi connectivity index (χ2n) is 1.93. The van der Waals surface area contributed by atoms with Gasteiger partial charge in [0.05, 0.1) is 17.8 Å². The predicted molar refractivity (Wildman–Crippen MR) is 32.5 cm³/mol. The van der Waals surface area contributed by atoms with Crippen molar-refractivity contribution in [3.05, 3.63) is 11.4 Å². The van der Waals surface area contributed by atoms with Crippen molar-refractivity contribution in [2.75, 3.05) is 0 Å². The molecular weight excluding hydrogens is 134 g/mol. The predicted octanol–water partition coefficient (Wildman–Crippen LogP) is -0.260. The number of rotatable bonds is 2. The highest BCUT2D eigenvalue weighted by molar-refractivity contribution is 5.69. The molecule has 0 saturated heterocycles. The normalized spacial score (nSPS) is 9.70. The van der Waals surface area contributed by atoms with Crippen LogP contribution in [0.2, 0.25) is 0 Å². The fraction of sp³-hybridized carbons (Fsp3) is 0.400. The van der Waals surface area contributed by atoms with Gasteiger partial charge in [-0.15, -0.1) is 0 Å². The number of carboxylic acids is 1. The molecule has 0 fully saturated rings. The van der Waals surface area contributed by atoms with E-state index in [-0.39, 0.29) is 6.42 Å². The van der Waals surface area contributed by atoms with E-state index in [1.807, 2.05) is 0 Å². The van der Waals surface area contributed by atoms with Crippen LogP contribution < -0.4 is 0 Å². The molecule has 0 saturated carbocycles. The molecule has 1 heterocycles. The standard InChI is InChI=1S/C5H7N3O2/c1-3-4(2-5(9)10)7-8-6-3/h2H2,1H3,(H,9,10)(H,6,7,8). The van der Waals surface area contributed by atoms with E-state index in [9.17, 15) is 4.79 Å². The van der Waals surface area contributed by atoms with E-state index in [0.29, 0.717) is 11.4 Å². The Bertz CT molecular complexity index is 243. The van der Waals surface area contributed by atoms with Crippen molar-refractivity contribution in [1.29, 1.82) is 0 Å². The SMILES string of the molecule is Cc1n[nH]nc1CC(=O)O. The Hall–Kier alpha value is -1.39. The number of hydrogen-bond donors (Lipinski definition) is 2. The molecule has 1 rings (SSSR count). The molecule has 0 bridgehead atoms. The van der Waals surface area contributed by atoms with E-state index in [1.54, 1.807) is 6.92 Å². The van der Waals surface area contributed by atoms with Gasteiger partial charge >= 0.3 is 5.97 Å². The van der Waals surface area contributed by atoms with Gasteiger partial charge in [-0.1, -0.05) is 0 Å². The Morgan fingerprint density at radius 2 is 2.40 bits per heavy atom. The molecule has 0 atom stereocenters. The molecule has 0 radical (unpaired) electrons. The van der Waals surface area contributed by atoms with Crippen LogP contribution in [-0.4, -0.2) is 26.5 Å². The van der Waals surface area contributed by atoms with E-state index in [2.05, 4.69) is 15.4 Å². The fourth-order valence-electron chi connectivity index (χ4n) is 0.616. The highest BCUT2D eigenvalue weighted by Gasteiger charge is 2.06. The number of carboxylic acid groups (broad SMARTS) is 1. The maximum Gasteiger partial charge on any atom is 0.309 e. The highest BCUT2D eigenvalue weighted by atomic mass is 16.4. The quantitative estimate of drug-likeness (QED) is 0.594. The van der Waals surface area contributed by atoms with Gasteiger partial charge in [-0.3, -0.25) is 4.79 Å². The molecular formula is C5H7N3O2. The average Bonchev–Trinajstić information content (AvgIpc) is 2.15. The molecule has 0 unspecified atom stereocenters. The number of H-pyrrole nitrogens is 1. The molecule has 10 heavy (non-hydrogen) atoms. The number of aliphatic carboxylic acids is 1. The molecule has 5 heteroatoms. The van der Waals surface area contributed by atoms with Crippen LogP contribution in [-0.2, 0) is 11.2 Å². The summed E-state index contributed by atoms with van der Waals surface area (Å²) in [5, 5.41) is 18.0. The van der Waals surface area contributed by atoms with Gasteiger partial charge in [0.2, 0.25) is 0 Å².